The van der Waals surface area contributed by atoms with Crippen molar-refractivity contribution in [2.24, 2.45) is 27.2 Å². The van der Waals surface area contributed by atoms with Crippen LogP contribution >= 0.6 is 0 Å². The van der Waals surface area contributed by atoms with Crippen molar-refractivity contribution in [3.8, 4) is 5.75 Å². The van der Waals surface area contributed by atoms with Crippen molar-refractivity contribution in [2.75, 3.05) is 0 Å². The second-order valence-corrected chi connectivity index (χ2v) is 4.36. The van der Waals surface area contributed by atoms with Crippen molar-refractivity contribution < 1.29 is 5.11 Å². The summed E-state index contributed by atoms with van der Waals surface area (Å²) in [6, 6.07) is 3.43. The standard InChI is InChI=1S/C12H19N5O/c1-6(2)8-5-9(7(3)4-10(8)18)16-12(15)17-11(13)14/h4-6,18H,1-3H3,(H6,13,14,15,16,17). The number of aryl methyl sites for hydroxylation is 1. The molecule has 0 aliphatic carbocycles. The third-order valence-corrected chi connectivity index (χ3v) is 2.45. The Labute approximate surface area is 106 Å². The summed E-state index contributed by atoms with van der Waals surface area (Å²) in [4.78, 5) is 7.77. The van der Waals surface area contributed by atoms with E-state index in [1.807, 2.05) is 20.8 Å². The Morgan fingerprint density at radius 2 is 1.83 bits per heavy atom. The fourth-order valence-electron chi connectivity index (χ4n) is 1.56. The number of nitrogens with two attached hydrogens (primary N) is 3. The molecule has 0 fully saturated rings. The van der Waals surface area contributed by atoms with Crippen LogP contribution in [0.1, 0.15) is 30.9 Å². The molecule has 6 heteroatoms. The van der Waals surface area contributed by atoms with Gasteiger partial charge in [-0.15, -0.1) is 0 Å². The van der Waals surface area contributed by atoms with Crippen molar-refractivity contribution in [3.05, 3.63) is 23.3 Å². The molecule has 0 saturated carbocycles. The minimum absolute atomic E-state index is 0.0153. The molecule has 0 heterocycles. The molecule has 1 aromatic carbocycles. The number of phenols is 1. The van der Waals surface area contributed by atoms with Gasteiger partial charge in [-0.3, -0.25) is 0 Å². The van der Waals surface area contributed by atoms with Gasteiger partial charge in [0.15, 0.2) is 5.96 Å². The molecule has 0 aromatic heterocycles. The number of aromatic hydroxyl groups is 1. The fourth-order valence-corrected chi connectivity index (χ4v) is 1.56. The molecule has 0 amide bonds. The average molecular weight is 249 g/mol. The minimum atomic E-state index is -0.142. The maximum absolute atomic E-state index is 9.82. The largest absolute Gasteiger partial charge is 0.508 e. The predicted octanol–water partition coefficient (Wildman–Crippen LogP) is 1.04. The first-order valence-corrected chi connectivity index (χ1v) is 5.58. The van der Waals surface area contributed by atoms with Crippen LogP contribution in [0.15, 0.2) is 22.1 Å². The summed E-state index contributed by atoms with van der Waals surface area (Å²) in [7, 11) is 0. The van der Waals surface area contributed by atoms with Crippen LogP contribution in [-0.2, 0) is 0 Å². The SMILES string of the molecule is Cc1cc(O)c(C(C)C)cc1N=C(N)N=C(N)N. The maximum atomic E-state index is 9.82. The zero-order chi connectivity index (χ0) is 13.9. The van der Waals surface area contributed by atoms with E-state index >= 15 is 0 Å². The van der Waals surface area contributed by atoms with E-state index in [1.54, 1.807) is 12.1 Å². The van der Waals surface area contributed by atoms with E-state index < -0.39 is 0 Å². The average Bonchev–Trinajstić information content (AvgIpc) is 2.20. The van der Waals surface area contributed by atoms with Gasteiger partial charge >= 0.3 is 0 Å². The number of aliphatic imine (C=N–C) groups is 2. The lowest BCUT2D eigenvalue weighted by Crippen LogP contribution is -2.26. The molecule has 0 bridgehead atoms. The molecular formula is C12H19N5O. The summed E-state index contributed by atoms with van der Waals surface area (Å²) in [5.41, 5.74) is 18.2. The highest BCUT2D eigenvalue weighted by atomic mass is 16.3. The number of guanidine groups is 2. The quantitative estimate of drug-likeness (QED) is 0.462. The lowest BCUT2D eigenvalue weighted by atomic mass is 9.99. The highest BCUT2D eigenvalue weighted by Gasteiger charge is 2.09. The van der Waals surface area contributed by atoms with E-state index in [1.165, 1.54) is 0 Å². The van der Waals surface area contributed by atoms with Crippen LogP contribution in [0.2, 0.25) is 0 Å². The molecule has 0 spiro atoms. The molecule has 98 valence electrons. The van der Waals surface area contributed by atoms with Gasteiger partial charge in [0.2, 0.25) is 5.96 Å². The van der Waals surface area contributed by atoms with Gasteiger partial charge in [-0.25, -0.2) is 4.99 Å². The number of phenolic OH excluding ortho intramolecular Hbond substituents is 1. The molecule has 0 aliphatic rings. The van der Waals surface area contributed by atoms with Gasteiger partial charge in [0.25, 0.3) is 0 Å². The number of hydrogen-bond acceptors (Lipinski definition) is 2. The van der Waals surface area contributed by atoms with Crippen molar-refractivity contribution >= 4 is 17.6 Å². The van der Waals surface area contributed by atoms with Gasteiger partial charge in [-0.1, -0.05) is 13.8 Å². The first-order valence-electron chi connectivity index (χ1n) is 5.58. The Hall–Kier alpha value is -2.24. The van der Waals surface area contributed by atoms with E-state index in [-0.39, 0.29) is 23.6 Å². The van der Waals surface area contributed by atoms with Gasteiger partial charge in [-0.05, 0) is 36.1 Å². The zero-order valence-corrected chi connectivity index (χ0v) is 10.8. The highest BCUT2D eigenvalue weighted by molar-refractivity contribution is 5.93. The molecule has 0 saturated heterocycles. The number of hydrogen-bond donors (Lipinski definition) is 4. The van der Waals surface area contributed by atoms with E-state index in [4.69, 9.17) is 17.2 Å². The smallest absolute Gasteiger partial charge is 0.223 e. The zero-order valence-electron chi connectivity index (χ0n) is 10.8. The summed E-state index contributed by atoms with van der Waals surface area (Å²) in [6.45, 7) is 5.79. The second kappa shape index (κ2) is 5.39. The van der Waals surface area contributed by atoms with Crippen molar-refractivity contribution in [2.45, 2.75) is 26.7 Å². The monoisotopic (exact) mass is 249 g/mol. The summed E-state index contributed by atoms with van der Waals surface area (Å²) < 4.78 is 0. The van der Waals surface area contributed by atoms with E-state index in [9.17, 15) is 5.11 Å². The molecule has 0 unspecified atom stereocenters. The number of rotatable bonds is 2. The first-order chi connectivity index (χ1) is 8.31. The van der Waals surface area contributed by atoms with Crippen LogP contribution < -0.4 is 17.2 Å². The molecule has 6 nitrogen and oxygen atoms in total. The van der Waals surface area contributed by atoms with E-state index in [0.717, 1.165) is 11.1 Å². The molecule has 18 heavy (non-hydrogen) atoms. The molecule has 0 aliphatic heterocycles. The Kier molecular flexibility index (Phi) is 4.14. The normalized spacial score (nSPS) is 11.7. The Bertz CT molecular complexity index is 501. The number of benzene rings is 1. The van der Waals surface area contributed by atoms with Gasteiger partial charge in [0.05, 0.1) is 5.69 Å². The van der Waals surface area contributed by atoms with Crippen molar-refractivity contribution in [1.29, 1.82) is 0 Å². The molecule has 1 aromatic rings. The van der Waals surface area contributed by atoms with Gasteiger partial charge in [-0.2, -0.15) is 4.99 Å². The lowest BCUT2D eigenvalue weighted by Gasteiger charge is -2.11. The summed E-state index contributed by atoms with van der Waals surface area (Å²) in [5.74, 6) is 0.279. The van der Waals surface area contributed by atoms with Gasteiger partial charge in [0, 0.05) is 0 Å². The first kappa shape index (κ1) is 13.8. The van der Waals surface area contributed by atoms with E-state index in [0.29, 0.717) is 5.69 Å². The van der Waals surface area contributed by atoms with Gasteiger partial charge < -0.3 is 22.3 Å². The van der Waals surface area contributed by atoms with Crippen LogP contribution in [0.25, 0.3) is 0 Å². The lowest BCUT2D eigenvalue weighted by molar-refractivity contribution is 0.464. The molecule has 0 radical (unpaired) electrons. The molecule has 0 atom stereocenters. The summed E-state index contributed by atoms with van der Waals surface area (Å²) >= 11 is 0. The van der Waals surface area contributed by atoms with E-state index in [2.05, 4.69) is 9.98 Å². The molecular weight excluding hydrogens is 230 g/mol. The third kappa shape index (κ3) is 3.38. The predicted molar refractivity (Wildman–Crippen MR) is 74.0 cm³/mol. The molecule has 1 rings (SSSR count). The Morgan fingerprint density at radius 1 is 1.22 bits per heavy atom. The minimum Gasteiger partial charge on any atom is -0.508 e. The fraction of sp³-hybridized carbons (Fsp3) is 0.333. The molecule has 7 N–H and O–H groups in total. The Balaban J connectivity index is 3.25. The van der Waals surface area contributed by atoms with Gasteiger partial charge in [0.1, 0.15) is 5.75 Å². The third-order valence-electron chi connectivity index (χ3n) is 2.45. The Morgan fingerprint density at radius 3 is 2.33 bits per heavy atom. The van der Waals surface area contributed by atoms with Crippen LogP contribution in [0.4, 0.5) is 5.69 Å². The van der Waals surface area contributed by atoms with Crippen LogP contribution in [0.3, 0.4) is 0 Å². The van der Waals surface area contributed by atoms with Crippen molar-refractivity contribution in [1.82, 2.24) is 0 Å². The van der Waals surface area contributed by atoms with Crippen LogP contribution in [0, 0.1) is 6.92 Å². The van der Waals surface area contributed by atoms with Crippen LogP contribution in [-0.4, -0.2) is 17.0 Å². The van der Waals surface area contributed by atoms with Crippen molar-refractivity contribution in [3.63, 3.8) is 0 Å². The highest BCUT2D eigenvalue weighted by Crippen LogP contribution is 2.32. The topological polar surface area (TPSA) is 123 Å². The van der Waals surface area contributed by atoms with Crippen LogP contribution in [0.5, 0.6) is 5.75 Å². The summed E-state index contributed by atoms with van der Waals surface area (Å²) in [5, 5.41) is 9.82. The summed E-state index contributed by atoms with van der Waals surface area (Å²) in [6.07, 6.45) is 0. The maximum Gasteiger partial charge on any atom is 0.223 e. The second-order valence-electron chi connectivity index (χ2n) is 4.36. The number of nitrogens with zero attached hydrogens (tertiary/aromatic N) is 2.